The lowest BCUT2D eigenvalue weighted by Crippen LogP contribution is -2.49. The molecule has 1 aromatic heterocycles. The van der Waals surface area contributed by atoms with Crippen LogP contribution in [0.1, 0.15) is 52.3 Å². The number of aromatic amines is 1. The molecule has 1 aliphatic rings. The third-order valence-electron chi connectivity index (χ3n) is 6.21. The molecule has 0 saturated carbocycles. The maximum atomic E-state index is 12.2. The highest BCUT2D eigenvalue weighted by molar-refractivity contribution is 5.81. The maximum absolute atomic E-state index is 12.2. The molecule has 1 saturated heterocycles. The first-order chi connectivity index (χ1) is 16.4. The Morgan fingerprint density at radius 2 is 1.88 bits per heavy atom. The Morgan fingerprint density at radius 1 is 1.18 bits per heavy atom. The van der Waals surface area contributed by atoms with Crippen LogP contribution >= 0.6 is 0 Å². The van der Waals surface area contributed by atoms with Crippen molar-refractivity contribution in [3.8, 4) is 0 Å². The number of fused-ring (bicyclic) bond motifs is 1. The van der Waals surface area contributed by atoms with Gasteiger partial charge in [-0.1, -0.05) is 75.8 Å². The smallest absolute Gasteiger partial charge is 0.225 e. The third-order valence-corrected chi connectivity index (χ3v) is 6.21. The van der Waals surface area contributed by atoms with E-state index in [1.165, 1.54) is 12.8 Å². The van der Waals surface area contributed by atoms with Crippen molar-refractivity contribution in [3.05, 3.63) is 73.1 Å². The molecule has 34 heavy (non-hydrogen) atoms. The summed E-state index contributed by atoms with van der Waals surface area (Å²) in [5, 5.41) is 0. The highest BCUT2D eigenvalue weighted by Gasteiger charge is 2.24. The number of unbranched alkanes of at least 4 members (excludes halogenated alkanes) is 1. The quantitative estimate of drug-likeness (QED) is 0.449. The Balaban J connectivity index is 0.000000242. The molecule has 3 rings (SSSR count). The van der Waals surface area contributed by atoms with Gasteiger partial charge >= 0.3 is 0 Å². The molecule has 2 aromatic rings. The first-order valence-electron chi connectivity index (χ1n) is 12.5. The van der Waals surface area contributed by atoms with Gasteiger partial charge in [-0.15, -0.1) is 0 Å². The number of hydrogen-bond donors (Lipinski definition) is 1. The average Bonchev–Trinajstić information content (AvgIpc) is 3.28. The van der Waals surface area contributed by atoms with Gasteiger partial charge in [-0.3, -0.25) is 4.79 Å². The zero-order valence-corrected chi connectivity index (χ0v) is 21.5. The second-order valence-corrected chi connectivity index (χ2v) is 8.93. The Bertz CT molecular complexity index is 953. The molecule has 1 fully saturated rings. The summed E-state index contributed by atoms with van der Waals surface area (Å²) in [5.74, 6) is 1.50. The van der Waals surface area contributed by atoms with Crippen LogP contribution in [-0.2, 0) is 4.79 Å². The Labute approximate surface area is 205 Å². The molecule has 5 heteroatoms. The van der Waals surface area contributed by atoms with E-state index in [0.29, 0.717) is 5.91 Å². The van der Waals surface area contributed by atoms with Crippen molar-refractivity contribution in [3.63, 3.8) is 0 Å². The standard InChI is InChI=1S/C16H16N2.C13H26N2O/c1-4-8-12(3)11-13(5-2)16-17-14-9-6-7-10-15(14)18-16;1-4-6-7-12(5-2)13(16)15-10-8-14(3)9-11-15/h4-11H,1-2H2,3H3,(H,17,18);12H,4-11H2,1-3H3/b12-8-,13-11+;. The number of benzene rings is 1. The molecule has 1 aliphatic heterocycles. The number of rotatable bonds is 9. The molecule has 0 spiro atoms. The van der Waals surface area contributed by atoms with E-state index < -0.39 is 0 Å². The molecule has 5 nitrogen and oxygen atoms in total. The average molecular weight is 463 g/mol. The van der Waals surface area contributed by atoms with Crippen LogP contribution in [0, 0.1) is 5.92 Å². The van der Waals surface area contributed by atoms with Crippen LogP contribution in [0.2, 0.25) is 0 Å². The number of hydrogen-bond acceptors (Lipinski definition) is 3. The Hall–Kier alpha value is -2.92. The second-order valence-electron chi connectivity index (χ2n) is 8.93. The van der Waals surface area contributed by atoms with E-state index in [2.05, 4.69) is 53.8 Å². The summed E-state index contributed by atoms with van der Waals surface area (Å²) in [7, 11) is 2.12. The molecular weight excluding hydrogens is 420 g/mol. The van der Waals surface area contributed by atoms with Gasteiger partial charge in [-0.25, -0.2) is 4.98 Å². The summed E-state index contributed by atoms with van der Waals surface area (Å²) in [6, 6.07) is 7.97. The van der Waals surface area contributed by atoms with E-state index in [4.69, 9.17) is 0 Å². The van der Waals surface area contributed by atoms with E-state index in [-0.39, 0.29) is 5.92 Å². The molecule has 1 amide bonds. The molecule has 0 aliphatic carbocycles. The summed E-state index contributed by atoms with van der Waals surface area (Å²) in [4.78, 5) is 24.4. The lowest BCUT2D eigenvalue weighted by molar-refractivity contribution is -0.137. The number of aromatic nitrogens is 2. The van der Waals surface area contributed by atoms with Crippen LogP contribution in [0.5, 0.6) is 0 Å². The number of allylic oxidation sites excluding steroid dienone is 6. The van der Waals surface area contributed by atoms with Crippen molar-refractivity contribution in [1.82, 2.24) is 19.8 Å². The van der Waals surface area contributed by atoms with Gasteiger partial charge in [0.2, 0.25) is 5.91 Å². The van der Waals surface area contributed by atoms with Gasteiger partial charge in [-0.05, 0) is 45.0 Å². The minimum Gasteiger partial charge on any atom is -0.340 e. The van der Waals surface area contributed by atoms with Gasteiger partial charge in [0.25, 0.3) is 0 Å². The highest BCUT2D eigenvalue weighted by atomic mass is 16.2. The van der Waals surface area contributed by atoms with Crippen molar-refractivity contribution < 1.29 is 4.79 Å². The fourth-order valence-corrected chi connectivity index (χ4v) is 4.03. The number of nitrogens with one attached hydrogen (secondary N) is 1. The van der Waals surface area contributed by atoms with E-state index in [0.717, 1.165) is 67.0 Å². The van der Waals surface area contributed by atoms with E-state index in [1.54, 1.807) is 12.2 Å². The molecule has 184 valence electrons. The number of amides is 1. The number of piperazine rings is 1. The number of carbonyl (C=O) groups is 1. The van der Waals surface area contributed by atoms with Crippen LogP contribution in [-0.4, -0.2) is 58.9 Å². The van der Waals surface area contributed by atoms with Gasteiger partial charge in [0.15, 0.2) is 0 Å². The monoisotopic (exact) mass is 462 g/mol. The van der Waals surface area contributed by atoms with Crippen molar-refractivity contribution in [2.75, 3.05) is 33.2 Å². The molecule has 0 radical (unpaired) electrons. The van der Waals surface area contributed by atoms with Crippen LogP contribution in [0.3, 0.4) is 0 Å². The van der Waals surface area contributed by atoms with Gasteiger partial charge in [0, 0.05) is 37.7 Å². The molecule has 1 aromatic carbocycles. The summed E-state index contributed by atoms with van der Waals surface area (Å²) < 4.78 is 0. The van der Waals surface area contributed by atoms with Crippen LogP contribution in [0.4, 0.5) is 0 Å². The minimum atomic E-state index is 0.267. The topological polar surface area (TPSA) is 52.2 Å². The number of para-hydroxylation sites is 2. The number of H-pyrrole nitrogens is 1. The summed E-state index contributed by atoms with van der Waals surface area (Å²) in [6.07, 6.45) is 12.0. The van der Waals surface area contributed by atoms with Crippen LogP contribution < -0.4 is 0 Å². The SMILES string of the molecule is C=C/C=C(C)\C=C(/C=C)c1nc2ccccc2[nH]1.CCCCC(CC)C(=O)N1CCN(C)CC1. The molecule has 1 unspecified atom stereocenters. The zero-order valence-electron chi connectivity index (χ0n) is 21.5. The number of nitrogens with zero attached hydrogens (tertiary/aromatic N) is 3. The molecule has 1 atom stereocenters. The Morgan fingerprint density at radius 3 is 2.47 bits per heavy atom. The lowest BCUT2D eigenvalue weighted by atomic mass is 9.97. The second kappa shape index (κ2) is 14.4. The number of carbonyl (C=O) groups excluding carboxylic acids is 1. The van der Waals surface area contributed by atoms with Gasteiger partial charge in [-0.2, -0.15) is 0 Å². The van der Waals surface area contributed by atoms with E-state index in [9.17, 15) is 4.79 Å². The zero-order chi connectivity index (χ0) is 24.9. The van der Waals surface area contributed by atoms with E-state index >= 15 is 0 Å². The summed E-state index contributed by atoms with van der Waals surface area (Å²) >= 11 is 0. The first-order valence-corrected chi connectivity index (χ1v) is 12.5. The number of imidazole rings is 1. The molecule has 0 bridgehead atoms. The van der Waals surface area contributed by atoms with Gasteiger partial charge in [0.05, 0.1) is 11.0 Å². The number of likely N-dealkylation sites (N-methyl/N-ethyl adjacent to an activating group) is 1. The van der Waals surface area contributed by atoms with Crippen molar-refractivity contribution >= 4 is 22.5 Å². The minimum absolute atomic E-state index is 0.267. The maximum Gasteiger partial charge on any atom is 0.225 e. The normalized spacial score (nSPS) is 16.1. The Kier molecular flexibility index (Phi) is 11.5. The van der Waals surface area contributed by atoms with Crippen molar-refractivity contribution in [2.45, 2.75) is 46.5 Å². The predicted molar refractivity (Wildman–Crippen MR) is 146 cm³/mol. The first kappa shape index (κ1) is 27.3. The summed E-state index contributed by atoms with van der Waals surface area (Å²) in [5.41, 5.74) is 4.08. The molecular formula is C29H42N4O. The van der Waals surface area contributed by atoms with Gasteiger partial charge in [0.1, 0.15) is 5.82 Å². The largest absolute Gasteiger partial charge is 0.340 e. The van der Waals surface area contributed by atoms with Gasteiger partial charge < -0.3 is 14.8 Å². The summed E-state index contributed by atoms with van der Waals surface area (Å²) in [6.45, 7) is 17.7. The van der Waals surface area contributed by atoms with Crippen LogP contribution in [0.15, 0.2) is 67.3 Å². The van der Waals surface area contributed by atoms with Crippen molar-refractivity contribution in [1.29, 1.82) is 0 Å². The van der Waals surface area contributed by atoms with Crippen LogP contribution in [0.25, 0.3) is 16.6 Å². The van der Waals surface area contributed by atoms with Crippen molar-refractivity contribution in [2.24, 2.45) is 5.92 Å². The highest BCUT2D eigenvalue weighted by Crippen LogP contribution is 2.19. The molecule has 1 N–H and O–H groups in total. The lowest BCUT2D eigenvalue weighted by Gasteiger charge is -2.34. The third kappa shape index (κ3) is 8.14. The van der Waals surface area contributed by atoms with E-state index in [1.807, 2.05) is 43.3 Å². The predicted octanol–water partition coefficient (Wildman–Crippen LogP) is 6.24. The fraction of sp³-hybridized carbons (Fsp3) is 0.448. The molecule has 2 heterocycles. The fourth-order valence-electron chi connectivity index (χ4n) is 4.03.